The Morgan fingerprint density at radius 3 is 2.81 bits per heavy atom. The van der Waals surface area contributed by atoms with E-state index in [9.17, 15) is 5.11 Å². The van der Waals surface area contributed by atoms with Crippen molar-refractivity contribution < 1.29 is 9.50 Å². The number of aromatic amines is 2. The number of nitrogens with one attached hydrogen (secondary N) is 2. The van der Waals surface area contributed by atoms with Crippen LogP contribution in [0.25, 0.3) is 39.1 Å². The van der Waals surface area contributed by atoms with E-state index < -0.39 is 0 Å². The summed E-state index contributed by atoms with van der Waals surface area (Å²) < 4.78 is 15.5. The van der Waals surface area contributed by atoms with Gasteiger partial charge in [-0.1, -0.05) is 25.1 Å². The second-order valence-electron chi connectivity index (χ2n) is 7.99. The third-order valence-corrected chi connectivity index (χ3v) is 5.98. The number of aromatic hydroxyl groups is 1. The van der Waals surface area contributed by atoms with Gasteiger partial charge in [0.25, 0.3) is 0 Å². The molecular formula is C24H24FN5O. The van der Waals surface area contributed by atoms with Crippen molar-refractivity contribution in [2.45, 2.75) is 19.8 Å². The van der Waals surface area contributed by atoms with Crippen LogP contribution >= 0.6 is 0 Å². The van der Waals surface area contributed by atoms with Crippen molar-refractivity contribution in [2.24, 2.45) is 0 Å². The smallest absolute Gasteiger partial charge is 0.159 e. The molecule has 3 heterocycles. The quantitative estimate of drug-likeness (QED) is 0.448. The number of phenols is 1. The molecule has 0 aliphatic carbocycles. The topological polar surface area (TPSA) is 80.8 Å². The molecule has 0 unspecified atom stereocenters. The SMILES string of the molecule is CCc1cc(O)ccc1-c1ccc2c(-c3nc(C4=CCN(C)CC4)c[nH]3)n[nH]c2c1F. The van der Waals surface area contributed by atoms with Crippen LogP contribution in [0.3, 0.4) is 0 Å². The van der Waals surface area contributed by atoms with Gasteiger partial charge in [0.15, 0.2) is 11.6 Å². The first-order valence-electron chi connectivity index (χ1n) is 10.5. The zero-order chi connectivity index (χ0) is 21.5. The number of phenolic OH excluding ortho intramolecular Hbond substituents is 1. The van der Waals surface area contributed by atoms with Gasteiger partial charge in [-0.05, 0) is 54.8 Å². The predicted octanol–water partition coefficient (Wildman–Crippen LogP) is 4.75. The van der Waals surface area contributed by atoms with Crippen LogP contribution in [0.4, 0.5) is 4.39 Å². The third-order valence-electron chi connectivity index (χ3n) is 5.98. The number of likely N-dealkylation sites (N-methyl/N-ethyl adjacent to an activating group) is 1. The van der Waals surface area contributed by atoms with Crippen molar-refractivity contribution in [1.29, 1.82) is 0 Å². The molecule has 1 aliphatic rings. The number of imidazole rings is 1. The zero-order valence-corrected chi connectivity index (χ0v) is 17.5. The first-order valence-corrected chi connectivity index (χ1v) is 10.5. The van der Waals surface area contributed by atoms with E-state index >= 15 is 4.39 Å². The maximum absolute atomic E-state index is 15.5. The molecule has 0 spiro atoms. The number of aromatic nitrogens is 4. The molecule has 6 nitrogen and oxygen atoms in total. The summed E-state index contributed by atoms with van der Waals surface area (Å²) in [6.45, 7) is 3.90. The summed E-state index contributed by atoms with van der Waals surface area (Å²) in [4.78, 5) is 10.2. The highest BCUT2D eigenvalue weighted by Crippen LogP contribution is 2.35. The zero-order valence-electron chi connectivity index (χ0n) is 17.5. The van der Waals surface area contributed by atoms with Gasteiger partial charge >= 0.3 is 0 Å². The lowest BCUT2D eigenvalue weighted by Crippen LogP contribution is -2.23. The Kier molecular flexibility index (Phi) is 4.82. The number of aryl methyl sites for hydroxylation is 1. The van der Waals surface area contributed by atoms with Gasteiger partial charge in [-0.2, -0.15) is 5.10 Å². The minimum Gasteiger partial charge on any atom is -0.508 e. The maximum atomic E-state index is 15.5. The lowest BCUT2D eigenvalue weighted by atomic mass is 9.96. The van der Waals surface area contributed by atoms with Gasteiger partial charge in [-0.15, -0.1) is 0 Å². The van der Waals surface area contributed by atoms with Crippen LogP contribution in [0, 0.1) is 5.82 Å². The number of hydrogen-bond donors (Lipinski definition) is 3. The summed E-state index contributed by atoms with van der Waals surface area (Å²) >= 11 is 0. The minimum absolute atomic E-state index is 0.180. The molecule has 3 N–H and O–H groups in total. The second kappa shape index (κ2) is 7.67. The van der Waals surface area contributed by atoms with Crippen molar-refractivity contribution >= 4 is 16.5 Å². The molecule has 0 saturated heterocycles. The summed E-state index contributed by atoms with van der Waals surface area (Å²) in [6.07, 6.45) is 5.73. The maximum Gasteiger partial charge on any atom is 0.159 e. The molecule has 0 radical (unpaired) electrons. The average Bonchev–Trinajstić information content (AvgIpc) is 3.42. The Labute approximate surface area is 179 Å². The summed E-state index contributed by atoms with van der Waals surface area (Å²) in [5.41, 5.74) is 5.21. The molecule has 31 heavy (non-hydrogen) atoms. The van der Waals surface area contributed by atoms with Crippen molar-refractivity contribution in [3.63, 3.8) is 0 Å². The number of halogens is 1. The van der Waals surface area contributed by atoms with Crippen LogP contribution < -0.4 is 0 Å². The number of rotatable bonds is 4. The number of hydrogen-bond acceptors (Lipinski definition) is 4. The molecule has 0 atom stereocenters. The van der Waals surface area contributed by atoms with Gasteiger partial charge in [0.1, 0.15) is 17.0 Å². The molecule has 7 heteroatoms. The molecule has 2 aromatic carbocycles. The average molecular weight is 417 g/mol. The fraction of sp³-hybridized carbons (Fsp3) is 0.250. The summed E-state index contributed by atoms with van der Waals surface area (Å²) in [7, 11) is 2.10. The standard InChI is InChI=1S/C24H24FN5O/c1-3-14-12-16(31)4-5-17(14)18-6-7-19-22(21(18)25)28-29-23(19)24-26-13-20(27-24)15-8-10-30(2)11-9-15/h4-8,12-13,31H,3,9-11H2,1-2H3,(H,26,27)(H,28,29). The molecule has 0 bridgehead atoms. The van der Waals surface area contributed by atoms with Crippen LogP contribution in [0.15, 0.2) is 42.6 Å². The van der Waals surface area contributed by atoms with E-state index in [0.717, 1.165) is 36.3 Å². The fourth-order valence-corrected chi connectivity index (χ4v) is 4.19. The molecule has 4 aromatic rings. The van der Waals surface area contributed by atoms with Crippen molar-refractivity contribution in [2.75, 3.05) is 20.1 Å². The van der Waals surface area contributed by atoms with E-state index in [2.05, 4.69) is 33.2 Å². The van der Waals surface area contributed by atoms with Gasteiger partial charge in [0, 0.05) is 30.2 Å². The first-order chi connectivity index (χ1) is 15.0. The number of nitrogens with zero attached hydrogens (tertiary/aromatic N) is 3. The molecule has 1 aliphatic heterocycles. The van der Waals surface area contributed by atoms with Gasteiger partial charge in [-0.3, -0.25) is 5.10 Å². The van der Waals surface area contributed by atoms with E-state index in [-0.39, 0.29) is 11.6 Å². The van der Waals surface area contributed by atoms with E-state index in [0.29, 0.717) is 34.4 Å². The second-order valence-corrected chi connectivity index (χ2v) is 7.99. The van der Waals surface area contributed by atoms with Gasteiger partial charge in [0.05, 0.1) is 5.69 Å². The summed E-state index contributed by atoms with van der Waals surface area (Å²) in [5, 5.41) is 17.7. The highest BCUT2D eigenvalue weighted by Gasteiger charge is 2.20. The highest BCUT2D eigenvalue weighted by molar-refractivity contribution is 5.94. The molecule has 2 aromatic heterocycles. The minimum atomic E-state index is -0.360. The van der Waals surface area contributed by atoms with Crippen molar-refractivity contribution in [3.05, 3.63) is 59.7 Å². The lowest BCUT2D eigenvalue weighted by Gasteiger charge is -2.20. The monoisotopic (exact) mass is 417 g/mol. The molecule has 0 amide bonds. The Morgan fingerprint density at radius 2 is 2.03 bits per heavy atom. The van der Waals surface area contributed by atoms with Gasteiger partial charge < -0.3 is 15.0 Å². The molecule has 158 valence electrons. The van der Waals surface area contributed by atoms with Gasteiger partial charge in [0.2, 0.25) is 0 Å². The Balaban J connectivity index is 1.54. The Bertz CT molecular complexity index is 1300. The number of fused-ring (bicyclic) bond motifs is 1. The normalized spacial score (nSPS) is 14.9. The highest BCUT2D eigenvalue weighted by atomic mass is 19.1. The van der Waals surface area contributed by atoms with E-state index in [1.807, 2.05) is 19.2 Å². The van der Waals surface area contributed by atoms with E-state index in [4.69, 9.17) is 4.98 Å². The largest absolute Gasteiger partial charge is 0.508 e. The van der Waals surface area contributed by atoms with Crippen LogP contribution in [0.1, 0.15) is 24.6 Å². The van der Waals surface area contributed by atoms with Crippen LogP contribution in [0.2, 0.25) is 0 Å². The van der Waals surface area contributed by atoms with Crippen molar-refractivity contribution in [1.82, 2.24) is 25.1 Å². The fourth-order valence-electron chi connectivity index (χ4n) is 4.19. The van der Waals surface area contributed by atoms with E-state index in [1.165, 1.54) is 5.57 Å². The Hall–Kier alpha value is -3.45. The van der Waals surface area contributed by atoms with Crippen LogP contribution in [-0.4, -0.2) is 50.3 Å². The summed E-state index contributed by atoms with van der Waals surface area (Å²) in [6, 6.07) is 8.66. The third kappa shape index (κ3) is 3.41. The summed E-state index contributed by atoms with van der Waals surface area (Å²) in [5.74, 6) is 0.438. The Morgan fingerprint density at radius 1 is 1.19 bits per heavy atom. The molecule has 0 fully saturated rings. The van der Waals surface area contributed by atoms with Gasteiger partial charge in [-0.25, -0.2) is 9.37 Å². The molecule has 0 saturated carbocycles. The first kappa shape index (κ1) is 19.5. The van der Waals surface area contributed by atoms with E-state index in [1.54, 1.807) is 24.3 Å². The predicted molar refractivity (Wildman–Crippen MR) is 120 cm³/mol. The molecular weight excluding hydrogens is 393 g/mol. The lowest BCUT2D eigenvalue weighted by molar-refractivity contribution is 0.370. The van der Waals surface area contributed by atoms with Crippen molar-refractivity contribution in [3.8, 4) is 28.4 Å². The van der Waals surface area contributed by atoms with Crippen LogP contribution in [-0.2, 0) is 6.42 Å². The van der Waals surface area contributed by atoms with Crippen LogP contribution in [0.5, 0.6) is 5.75 Å². The number of benzene rings is 2. The molecule has 5 rings (SSSR count). The number of H-pyrrole nitrogens is 2.